The highest BCUT2D eigenvalue weighted by molar-refractivity contribution is 7.19. The molecule has 2 rings (SSSR count). The molecular weight excluding hydrogens is 254 g/mol. The lowest BCUT2D eigenvalue weighted by molar-refractivity contribution is 0.103. The summed E-state index contributed by atoms with van der Waals surface area (Å²) < 4.78 is 25.2. The van der Waals surface area contributed by atoms with E-state index in [1.165, 1.54) is 11.3 Å². The van der Waals surface area contributed by atoms with Gasteiger partial charge in [-0.2, -0.15) is 0 Å². The molecule has 0 aliphatic heterocycles. The highest BCUT2D eigenvalue weighted by Gasteiger charge is 2.24. The molecule has 0 radical (unpaired) electrons. The summed E-state index contributed by atoms with van der Waals surface area (Å²) in [7, 11) is 0. The van der Waals surface area contributed by atoms with Crippen LogP contribution in [0.3, 0.4) is 0 Å². The number of hydrogen-bond acceptors (Lipinski definition) is 5. The molecule has 0 spiro atoms. The molecule has 0 aliphatic carbocycles. The van der Waals surface area contributed by atoms with Crippen molar-refractivity contribution in [1.82, 2.24) is 4.98 Å². The number of thiophene rings is 1. The number of hydrogen-bond donors (Lipinski definition) is 1. The number of nitrogen functional groups attached to an aromatic ring is 1. The molecule has 0 bridgehead atoms. The summed E-state index contributed by atoms with van der Waals surface area (Å²) in [6.45, 7) is 0. The molecule has 0 saturated carbocycles. The SMILES string of the molecule is Nc1nc(C(F)F)c(C(=O)c2cccs2)s1. The zero-order valence-corrected chi connectivity index (χ0v) is 9.45. The average molecular weight is 260 g/mol. The second kappa shape index (κ2) is 4.26. The lowest BCUT2D eigenvalue weighted by atomic mass is 10.2. The Morgan fingerprint density at radius 3 is 2.81 bits per heavy atom. The molecule has 2 aromatic heterocycles. The second-order valence-electron chi connectivity index (χ2n) is 2.87. The predicted octanol–water partition coefficient (Wildman–Crippen LogP) is 2.96. The topological polar surface area (TPSA) is 56.0 Å². The van der Waals surface area contributed by atoms with E-state index in [0.717, 1.165) is 11.3 Å². The number of nitrogens with two attached hydrogens (primary N) is 1. The number of alkyl halides is 2. The third-order valence-corrected chi connectivity index (χ3v) is 3.60. The first-order chi connectivity index (χ1) is 7.59. The fraction of sp³-hybridized carbons (Fsp3) is 0.111. The first-order valence-corrected chi connectivity index (χ1v) is 5.91. The van der Waals surface area contributed by atoms with Crippen LogP contribution in [0.1, 0.15) is 26.7 Å². The van der Waals surface area contributed by atoms with Crippen molar-refractivity contribution in [2.75, 3.05) is 5.73 Å². The summed E-state index contributed by atoms with van der Waals surface area (Å²) in [6.07, 6.45) is -2.78. The molecule has 0 aromatic carbocycles. The number of carbonyl (C=O) groups is 1. The third-order valence-electron chi connectivity index (χ3n) is 1.83. The Morgan fingerprint density at radius 2 is 2.25 bits per heavy atom. The number of anilines is 1. The number of carbonyl (C=O) groups excluding carboxylic acids is 1. The van der Waals surface area contributed by atoms with Gasteiger partial charge in [0.2, 0.25) is 5.78 Å². The second-order valence-corrected chi connectivity index (χ2v) is 4.85. The van der Waals surface area contributed by atoms with Crippen LogP contribution >= 0.6 is 22.7 Å². The van der Waals surface area contributed by atoms with Crippen LogP contribution in [0.15, 0.2) is 17.5 Å². The monoisotopic (exact) mass is 260 g/mol. The van der Waals surface area contributed by atoms with E-state index in [2.05, 4.69) is 4.98 Å². The Bertz CT molecular complexity index is 508. The van der Waals surface area contributed by atoms with Crippen LogP contribution < -0.4 is 5.73 Å². The number of aromatic nitrogens is 1. The van der Waals surface area contributed by atoms with E-state index in [9.17, 15) is 13.6 Å². The van der Waals surface area contributed by atoms with E-state index in [-0.39, 0.29) is 10.0 Å². The van der Waals surface area contributed by atoms with Gasteiger partial charge < -0.3 is 5.73 Å². The molecule has 3 nitrogen and oxygen atoms in total. The van der Waals surface area contributed by atoms with Gasteiger partial charge in [-0.3, -0.25) is 4.79 Å². The Balaban J connectivity index is 2.44. The molecule has 84 valence electrons. The first kappa shape index (κ1) is 11.2. The number of ketones is 1. The van der Waals surface area contributed by atoms with Crippen molar-refractivity contribution in [2.45, 2.75) is 6.43 Å². The fourth-order valence-electron chi connectivity index (χ4n) is 1.18. The number of halogens is 2. The number of nitrogens with zero attached hydrogens (tertiary/aromatic N) is 1. The maximum atomic E-state index is 12.6. The van der Waals surface area contributed by atoms with E-state index in [1.807, 2.05) is 0 Å². The van der Waals surface area contributed by atoms with Gasteiger partial charge in [0.1, 0.15) is 10.6 Å². The van der Waals surface area contributed by atoms with Crippen molar-refractivity contribution in [2.24, 2.45) is 0 Å². The summed E-state index contributed by atoms with van der Waals surface area (Å²) in [6, 6.07) is 3.27. The molecule has 16 heavy (non-hydrogen) atoms. The summed E-state index contributed by atoms with van der Waals surface area (Å²) >= 11 is 1.99. The van der Waals surface area contributed by atoms with Gasteiger partial charge in [0.05, 0.1) is 4.88 Å². The molecule has 0 saturated heterocycles. The summed E-state index contributed by atoms with van der Waals surface area (Å²) in [4.78, 5) is 15.6. The summed E-state index contributed by atoms with van der Waals surface area (Å²) in [5.41, 5.74) is 4.81. The smallest absolute Gasteiger partial charge is 0.282 e. The van der Waals surface area contributed by atoms with Crippen LogP contribution in [0.5, 0.6) is 0 Å². The summed E-state index contributed by atoms with van der Waals surface area (Å²) in [5.74, 6) is -0.445. The lowest BCUT2D eigenvalue weighted by Crippen LogP contribution is -2.01. The summed E-state index contributed by atoms with van der Waals surface area (Å²) in [5, 5.41) is 1.69. The minimum Gasteiger partial charge on any atom is -0.375 e. The molecule has 0 atom stereocenters. The van der Waals surface area contributed by atoms with Crippen molar-refractivity contribution in [3.8, 4) is 0 Å². The van der Waals surface area contributed by atoms with Gasteiger partial charge in [-0.25, -0.2) is 13.8 Å². The Labute approximate surface area is 97.6 Å². The van der Waals surface area contributed by atoms with Crippen molar-refractivity contribution in [3.05, 3.63) is 33.0 Å². The zero-order chi connectivity index (χ0) is 11.7. The normalized spacial score (nSPS) is 10.9. The van der Waals surface area contributed by atoms with E-state index >= 15 is 0 Å². The van der Waals surface area contributed by atoms with Crippen molar-refractivity contribution in [3.63, 3.8) is 0 Å². The van der Waals surface area contributed by atoms with Crippen LogP contribution in [0.25, 0.3) is 0 Å². The van der Waals surface area contributed by atoms with Gasteiger partial charge in [-0.15, -0.1) is 11.3 Å². The van der Waals surface area contributed by atoms with E-state index in [1.54, 1.807) is 17.5 Å². The zero-order valence-electron chi connectivity index (χ0n) is 7.81. The standard InChI is InChI=1S/C9H6F2N2OS2/c10-8(11)5-7(16-9(12)13-5)6(14)4-2-1-3-15-4/h1-3,8H,(H2,12,13). The molecule has 2 heterocycles. The largest absolute Gasteiger partial charge is 0.375 e. The van der Waals surface area contributed by atoms with Gasteiger partial charge in [0, 0.05) is 0 Å². The van der Waals surface area contributed by atoms with Crippen LogP contribution in [0.2, 0.25) is 0 Å². The Hall–Kier alpha value is -1.34. The van der Waals surface area contributed by atoms with Gasteiger partial charge >= 0.3 is 0 Å². The number of rotatable bonds is 3. The van der Waals surface area contributed by atoms with Crippen LogP contribution in [0.4, 0.5) is 13.9 Å². The van der Waals surface area contributed by atoms with Crippen LogP contribution in [-0.4, -0.2) is 10.8 Å². The van der Waals surface area contributed by atoms with Gasteiger partial charge in [-0.1, -0.05) is 17.4 Å². The molecule has 0 fully saturated rings. The Kier molecular flexibility index (Phi) is 2.97. The minimum atomic E-state index is -2.78. The van der Waals surface area contributed by atoms with Gasteiger partial charge in [-0.05, 0) is 11.4 Å². The van der Waals surface area contributed by atoms with Crippen LogP contribution in [-0.2, 0) is 0 Å². The molecule has 0 aliphatic rings. The Morgan fingerprint density at radius 1 is 1.50 bits per heavy atom. The highest BCUT2D eigenvalue weighted by Crippen LogP contribution is 2.31. The molecular formula is C9H6F2N2OS2. The molecule has 0 amide bonds. The maximum Gasteiger partial charge on any atom is 0.282 e. The average Bonchev–Trinajstić information content (AvgIpc) is 2.84. The van der Waals surface area contributed by atoms with E-state index in [4.69, 9.17) is 5.73 Å². The van der Waals surface area contributed by atoms with Crippen molar-refractivity contribution < 1.29 is 13.6 Å². The minimum absolute atomic E-state index is 0.0183. The fourth-order valence-corrected chi connectivity index (χ4v) is 2.71. The lowest BCUT2D eigenvalue weighted by Gasteiger charge is -1.97. The van der Waals surface area contributed by atoms with E-state index in [0.29, 0.717) is 4.88 Å². The van der Waals surface area contributed by atoms with E-state index < -0.39 is 17.9 Å². The third kappa shape index (κ3) is 1.96. The molecule has 7 heteroatoms. The highest BCUT2D eigenvalue weighted by atomic mass is 32.1. The van der Waals surface area contributed by atoms with Crippen molar-refractivity contribution >= 4 is 33.6 Å². The van der Waals surface area contributed by atoms with Gasteiger partial charge in [0.25, 0.3) is 6.43 Å². The van der Waals surface area contributed by atoms with Crippen molar-refractivity contribution in [1.29, 1.82) is 0 Å². The van der Waals surface area contributed by atoms with Gasteiger partial charge in [0.15, 0.2) is 5.13 Å². The number of thiazole rings is 1. The van der Waals surface area contributed by atoms with Crippen LogP contribution in [0, 0.1) is 0 Å². The molecule has 2 N–H and O–H groups in total. The maximum absolute atomic E-state index is 12.6. The quantitative estimate of drug-likeness (QED) is 0.863. The molecule has 2 aromatic rings. The first-order valence-electron chi connectivity index (χ1n) is 4.22. The predicted molar refractivity (Wildman–Crippen MR) is 59.2 cm³/mol. The molecule has 0 unspecified atom stereocenters.